The third-order valence-corrected chi connectivity index (χ3v) is 4.07. The van der Waals surface area contributed by atoms with E-state index in [1.807, 2.05) is 37.3 Å². The van der Waals surface area contributed by atoms with E-state index < -0.39 is 0 Å². The van der Waals surface area contributed by atoms with Crippen molar-refractivity contribution >= 4 is 27.9 Å². The van der Waals surface area contributed by atoms with E-state index in [0.29, 0.717) is 6.54 Å². The average Bonchev–Trinajstić information content (AvgIpc) is 2.93. The van der Waals surface area contributed by atoms with Crippen molar-refractivity contribution in [2.45, 2.75) is 13.5 Å². The van der Waals surface area contributed by atoms with Gasteiger partial charge in [-0.25, -0.2) is 0 Å². The Balaban J connectivity index is 1.87. The van der Waals surface area contributed by atoms with E-state index in [4.69, 9.17) is 5.26 Å². The fourth-order valence-electron chi connectivity index (χ4n) is 2.10. The number of nitrogens with one attached hydrogen (secondary N) is 1. The van der Waals surface area contributed by atoms with Gasteiger partial charge in [-0.05, 0) is 31.2 Å². The number of anilines is 1. The molecular formula is C16H13N3S. The van der Waals surface area contributed by atoms with Gasteiger partial charge in [-0.15, -0.1) is 11.3 Å². The maximum Gasteiger partial charge on any atom is 0.110 e. The lowest BCUT2D eigenvalue weighted by Gasteiger charge is -2.08. The largest absolute Gasteiger partial charge is 0.378 e. The zero-order chi connectivity index (χ0) is 13.9. The molecule has 20 heavy (non-hydrogen) atoms. The van der Waals surface area contributed by atoms with Crippen molar-refractivity contribution in [3.05, 3.63) is 57.9 Å². The van der Waals surface area contributed by atoms with Crippen LogP contribution in [-0.2, 0) is 6.54 Å². The fourth-order valence-corrected chi connectivity index (χ4v) is 2.85. The molecule has 4 heteroatoms. The lowest BCUT2D eigenvalue weighted by atomic mass is 10.1. The van der Waals surface area contributed by atoms with Crippen molar-refractivity contribution < 1.29 is 0 Å². The van der Waals surface area contributed by atoms with E-state index >= 15 is 0 Å². The third kappa shape index (κ3) is 2.49. The van der Waals surface area contributed by atoms with Crippen LogP contribution in [0.1, 0.15) is 15.4 Å². The number of aromatic nitrogens is 1. The lowest BCUT2D eigenvalue weighted by Crippen LogP contribution is -1.99. The number of hydrogen-bond donors (Lipinski definition) is 1. The summed E-state index contributed by atoms with van der Waals surface area (Å²) in [5.74, 6) is 0. The van der Waals surface area contributed by atoms with Gasteiger partial charge in [0.2, 0.25) is 0 Å². The molecule has 0 amide bonds. The Labute approximate surface area is 121 Å². The molecule has 2 aromatic heterocycles. The minimum atomic E-state index is 0.709. The summed E-state index contributed by atoms with van der Waals surface area (Å²) >= 11 is 1.52. The molecule has 0 saturated heterocycles. The minimum Gasteiger partial charge on any atom is -0.378 e. The molecule has 0 aliphatic rings. The molecule has 1 aromatic carbocycles. The fraction of sp³-hybridized carbons (Fsp3) is 0.125. The summed E-state index contributed by atoms with van der Waals surface area (Å²) in [4.78, 5) is 6.49. The second-order valence-corrected chi connectivity index (χ2v) is 5.73. The summed E-state index contributed by atoms with van der Waals surface area (Å²) < 4.78 is 0. The Hall–Kier alpha value is -2.38. The number of pyridine rings is 1. The second kappa shape index (κ2) is 5.32. The molecule has 0 saturated carbocycles. The van der Waals surface area contributed by atoms with Gasteiger partial charge in [-0.1, -0.05) is 18.2 Å². The monoisotopic (exact) mass is 279 g/mol. The molecule has 0 aliphatic carbocycles. The number of aryl methyl sites for hydroxylation is 1. The van der Waals surface area contributed by atoms with Crippen molar-refractivity contribution in [3.8, 4) is 6.07 Å². The van der Waals surface area contributed by atoms with Gasteiger partial charge in [0, 0.05) is 22.5 Å². The van der Waals surface area contributed by atoms with Crippen molar-refractivity contribution in [2.24, 2.45) is 0 Å². The first-order chi connectivity index (χ1) is 9.76. The highest BCUT2D eigenvalue weighted by Crippen LogP contribution is 2.23. The van der Waals surface area contributed by atoms with Crippen LogP contribution in [-0.4, -0.2) is 4.98 Å². The molecule has 0 spiro atoms. The Morgan fingerprint density at radius 3 is 2.90 bits per heavy atom. The smallest absolute Gasteiger partial charge is 0.110 e. The summed E-state index contributed by atoms with van der Waals surface area (Å²) in [5.41, 5.74) is 3.03. The zero-order valence-corrected chi connectivity index (χ0v) is 11.9. The number of nitriles is 1. The number of nitrogens with zero attached hydrogens (tertiary/aromatic N) is 2. The molecule has 0 radical (unpaired) electrons. The number of thiophene rings is 1. The molecule has 0 atom stereocenters. The summed E-state index contributed by atoms with van der Waals surface area (Å²) in [6.07, 6.45) is 0. The number of rotatable bonds is 3. The van der Waals surface area contributed by atoms with Crippen LogP contribution in [0.2, 0.25) is 0 Å². The first-order valence-corrected chi connectivity index (χ1v) is 7.17. The molecule has 3 nitrogen and oxygen atoms in total. The van der Waals surface area contributed by atoms with Crippen LogP contribution in [0.15, 0.2) is 42.5 Å². The molecule has 3 aromatic rings. The van der Waals surface area contributed by atoms with Crippen LogP contribution in [0, 0.1) is 18.3 Å². The molecule has 98 valence electrons. The molecule has 0 bridgehead atoms. The predicted molar refractivity (Wildman–Crippen MR) is 82.8 cm³/mol. The summed E-state index contributed by atoms with van der Waals surface area (Å²) in [5, 5.41) is 13.4. The average molecular weight is 279 g/mol. The van der Waals surface area contributed by atoms with Gasteiger partial charge in [-0.2, -0.15) is 5.26 Å². The van der Waals surface area contributed by atoms with Gasteiger partial charge in [0.1, 0.15) is 10.9 Å². The van der Waals surface area contributed by atoms with E-state index in [1.54, 1.807) is 0 Å². The standard InChI is InChI=1S/C16H13N3S/c1-11-5-6-12-3-2-4-15(16(12)19-11)18-10-14-8-7-13(9-17)20-14/h2-8,18H,10H2,1H3. The van der Waals surface area contributed by atoms with Crippen molar-refractivity contribution in [2.75, 3.05) is 5.32 Å². The van der Waals surface area contributed by atoms with Crippen molar-refractivity contribution in [1.29, 1.82) is 5.26 Å². The van der Waals surface area contributed by atoms with Gasteiger partial charge in [0.25, 0.3) is 0 Å². The number of fused-ring (bicyclic) bond motifs is 1. The van der Waals surface area contributed by atoms with Crippen LogP contribution < -0.4 is 5.32 Å². The highest BCUT2D eigenvalue weighted by molar-refractivity contribution is 7.12. The highest BCUT2D eigenvalue weighted by atomic mass is 32.1. The number of para-hydroxylation sites is 1. The van der Waals surface area contributed by atoms with Gasteiger partial charge in [0.15, 0.2) is 0 Å². The Morgan fingerprint density at radius 2 is 2.10 bits per heavy atom. The number of hydrogen-bond acceptors (Lipinski definition) is 4. The third-order valence-electron chi connectivity index (χ3n) is 3.08. The van der Waals surface area contributed by atoms with Gasteiger partial charge >= 0.3 is 0 Å². The van der Waals surface area contributed by atoms with Crippen LogP contribution in [0.5, 0.6) is 0 Å². The molecular weight excluding hydrogens is 266 g/mol. The van der Waals surface area contributed by atoms with E-state index in [0.717, 1.165) is 32.0 Å². The Bertz CT molecular complexity index is 799. The molecule has 0 fully saturated rings. The van der Waals surface area contributed by atoms with E-state index in [9.17, 15) is 0 Å². The first kappa shape index (κ1) is 12.6. The van der Waals surface area contributed by atoms with Gasteiger partial charge in [0.05, 0.1) is 11.2 Å². The van der Waals surface area contributed by atoms with E-state index in [-0.39, 0.29) is 0 Å². The van der Waals surface area contributed by atoms with Crippen LogP contribution >= 0.6 is 11.3 Å². The topological polar surface area (TPSA) is 48.7 Å². The maximum absolute atomic E-state index is 8.84. The molecule has 0 aliphatic heterocycles. The minimum absolute atomic E-state index is 0.709. The quantitative estimate of drug-likeness (QED) is 0.785. The number of benzene rings is 1. The van der Waals surface area contributed by atoms with Crippen LogP contribution in [0.3, 0.4) is 0 Å². The summed E-state index contributed by atoms with van der Waals surface area (Å²) in [6.45, 7) is 2.70. The normalized spacial score (nSPS) is 10.4. The first-order valence-electron chi connectivity index (χ1n) is 6.35. The SMILES string of the molecule is Cc1ccc2cccc(NCc3ccc(C#N)s3)c2n1. The van der Waals surface area contributed by atoms with E-state index in [1.165, 1.54) is 11.3 Å². The van der Waals surface area contributed by atoms with Gasteiger partial charge < -0.3 is 5.32 Å². The predicted octanol–water partition coefficient (Wildman–Crippen LogP) is 4.09. The molecule has 2 heterocycles. The zero-order valence-electron chi connectivity index (χ0n) is 11.1. The van der Waals surface area contributed by atoms with Crippen LogP contribution in [0.25, 0.3) is 10.9 Å². The van der Waals surface area contributed by atoms with Crippen molar-refractivity contribution in [1.82, 2.24) is 4.98 Å². The Kier molecular flexibility index (Phi) is 3.36. The molecule has 1 N–H and O–H groups in total. The molecule has 3 rings (SSSR count). The lowest BCUT2D eigenvalue weighted by molar-refractivity contribution is 1.18. The second-order valence-electron chi connectivity index (χ2n) is 4.56. The van der Waals surface area contributed by atoms with Gasteiger partial charge in [-0.3, -0.25) is 4.98 Å². The van der Waals surface area contributed by atoms with Crippen LogP contribution in [0.4, 0.5) is 5.69 Å². The van der Waals surface area contributed by atoms with E-state index in [2.05, 4.69) is 28.5 Å². The summed E-state index contributed by atoms with van der Waals surface area (Å²) in [7, 11) is 0. The van der Waals surface area contributed by atoms with Crippen molar-refractivity contribution in [3.63, 3.8) is 0 Å². The molecule has 0 unspecified atom stereocenters. The summed E-state index contributed by atoms with van der Waals surface area (Å²) in [6, 6.07) is 16.2. The Morgan fingerprint density at radius 1 is 1.20 bits per heavy atom. The highest BCUT2D eigenvalue weighted by Gasteiger charge is 2.04. The maximum atomic E-state index is 8.84.